The minimum absolute atomic E-state index is 0.0791. The van der Waals surface area contributed by atoms with Gasteiger partial charge in [-0.1, -0.05) is 28.1 Å². The summed E-state index contributed by atoms with van der Waals surface area (Å²) < 4.78 is 1.12. The van der Waals surface area contributed by atoms with Gasteiger partial charge in [0.1, 0.15) is 11.9 Å². The highest BCUT2D eigenvalue weighted by Gasteiger charge is 2.27. The Hall–Kier alpha value is -2.59. The largest absolute Gasteiger partial charge is 0.356 e. The van der Waals surface area contributed by atoms with Crippen molar-refractivity contribution in [3.8, 4) is 6.07 Å². The summed E-state index contributed by atoms with van der Waals surface area (Å²) in [5.74, 6) is 0.884. The van der Waals surface area contributed by atoms with Gasteiger partial charge in [0, 0.05) is 29.8 Å². The van der Waals surface area contributed by atoms with Crippen LogP contribution in [0, 0.1) is 11.3 Å². The number of fused-ring (bicyclic) bond motifs is 1. The first-order chi connectivity index (χ1) is 13.6. The zero-order valence-electron chi connectivity index (χ0n) is 15.5. The van der Waals surface area contributed by atoms with Gasteiger partial charge in [-0.25, -0.2) is 9.78 Å². The Morgan fingerprint density at radius 2 is 2.00 bits per heavy atom. The van der Waals surface area contributed by atoms with Gasteiger partial charge in [0.25, 0.3) is 0 Å². The highest BCUT2D eigenvalue weighted by Crippen LogP contribution is 2.35. The highest BCUT2D eigenvalue weighted by molar-refractivity contribution is 9.10. The Morgan fingerprint density at radius 3 is 2.71 bits per heavy atom. The van der Waals surface area contributed by atoms with Crippen molar-refractivity contribution in [3.05, 3.63) is 57.7 Å². The molecule has 2 N–H and O–H groups in total. The lowest BCUT2D eigenvalue weighted by Crippen LogP contribution is -2.48. The Morgan fingerprint density at radius 1 is 1.18 bits per heavy atom. The summed E-state index contributed by atoms with van der Waals surface area (Å²) in [6.45, 7) is 1.67. The normalized spacial score (nSPS) is 19.0. The molecule has 144 valence electrons. The summed E-state index contributed by atoms with van der Waals surface area (Å²) in [6, 6.07) is 12.1. The van der Waals surface area contributed by atoms with Crippen LogP contribution in [0.1, 0.15) is 42.0 Å². The summed E-state index contributed by atoms with van der Waals surface area (Å²) in [4.78, 5) is 19.0. The SMILES string of the molecule is N#Cc1ccc(N2CCC(NC(=O)NC3CCc4c(Br)cccc43)CC2)nc1. The third-order valence-corrected chi connectivity index (χ3v) is 6.29. The van der Waals surface area contributed by atoms with Crippen LogP contribution in [0.2, 0.25) is 0 Å². The Kier molecular flexibility index (Phi) is 5.49. The molecular formula is C21H22BrN5O. The third kappa shape index (κ3) is 3.97. The number of carbonyl (C=O) groups excluding carboxylic acids is 1. The van der Waals surface area contributed by atoms with Crippen LogP contribution in [-0.2, 0) is 6.42 Å². The van der Waals surface area contributed by atoms with Gasteiger partial charge in [-0.15, -0.1) is 0 Å². The second-order valence-corrected chi connectivity index (χ2v) is 8.15. The van der Waals surface area contributed by atoms with Crippen LogP contribution in [0.5, 0.6) is 0 Å². The number of halogens is 1. The van der Waals surface area contributed by atoms with Crippen molar-refractivity contribution in [2.24, 2.45) is 0 Å². The summed E-state index contributed by atoms with van der Waals surface area (Å²) in [5, 5.41) is 15.1. The van der Waals surface area contributed by atoms with Gasteiger partial charge in [0.05, 0.1) is 11.6 Å². The van der Waals surface area contributed by atoms with E-state index in [0.29, 0.717) is 5.56 Å². The van der Waals surface area contributed by atoms with Crippen molar-refractivity contribution in [1.82, 2.24) is 15.6 Å². The zero-order chi connectivity index (χ0) is 19.5. The summed E-state index contributed by atoms with van der Waals surface area (Å²) >= 11 is 3.60. The minimum Gasteiger partial charge on any atom is -0.356 e. The van der Waals surface area contributed by atoms with E-state index >= 15 is 0 Å². The number of amides is 2. The quantitative estimate of drug-likeness (QED) is 0.763. The van der Waals surface area contributed by atoms with Gasteiger partial charge in [-0.3, -0.25) is 0 Å². The summed E-state index contributed by atoms with van der Waals surface area (Å²) in [7, 11) is 0. The molecule has 6 nitrogen and oxygen atoms in total. The number of carbonyl (C=O) groups is 1. The van der Waals surface area contributed by atoms with E-state index in [1.165, 1.54) is 11.1 Å². The first-order valence-electron chi connectivity index (χ1n) is 9.59. The van der Waals surface area contributed by atoms with Gasteiger partial charge in [0.15, 0.2) is 0 Å². The van der Waals surface area contributed by atoms with E-state index in [1.807, 2.05) is 12.1 Å². The van der Waals surface area contributed by atoms with Crippen molar-refractivity contribution in [1.29, 1.82) is 5.26 Å². The fraction of sp³-hybridized carbons (Fsp3) is 0.381. The molecule has 2 aliphatic rings. The molecule has 0 spiro atoms. The van der Waals surface area contributed by atoms with E-state index < -0.39 is 0 Å². The van der Waals surface area contributed by atoms with Crippen molar-refractivity contribution in [2.75, 3.05) is 18.0 Å². The van der Waals surface area contributed by atoms with Crippen molar-refractivity contribution in [2.45, 2.75) is 37.8 Å². The van der Waals surface area contributed by atoms with Crippen LogP contribution >= 0.6 is 15.9 Å². The molecule has 2 amide bonds. The number of anilines is 1. The second-order valence-electron chi connectivity index (χ2n) is 7.29. The fourth-order valence-corrected chi connectivity index (χ4v) is 4.62. The lowest BCUT2D eigenvalue weighted by atomic mass is 10.1. The van der Waals surface area contributed by atoms with Gasteiger partial charge < -0.3 is 15.5 Å². The summed E-state index contributed by atoms with van der Waals surface area (Å²) in [6.07, 6.45) is 5.28. The van der Waals surface area contributed by atoms with E-state index in [-0.39, 0.29) is 18.1 Å². The third-order valence-electron chi connectivity index (χ3n) is 5.55. The predicted molar refractivity (Wildman–Crippen MR) is 111 cm³/mol. The average molecular weight is 440 g/mol. The number of piperidine rings is 1. The topological polar surface area (TPSA) is 81.0 Å². The predicted octanol–water partition coefficient (Wildman–Crippen LogP) is 3.67. The van der Waals surface area contributed by atoms with Crippen LogP contribution < -0.4 is 15.5 Å². The molecule has 1 aliphatic heterocycles. The molecule has 2 heterocycles. The lowest BCUT2D eigenvalue weighted by Gasteiger charge is -2.33. The number of nitriles is 1. The standard InChI is InChI=1S/C21H22BrN5O/c22-18-3-1-2-17-16(18)5-6-19(17)26-21(28)25-15-8-10-27(11-9-15)20-7-4-14(12-23)13-24-20/h1-4,7,13,15,19H,5-6,8-11H2,(H2,25,26,28). The number of pyridine rings is 1. The Balaban J connectivity index is 1.28. The number of rotatable bonds is 3. The monoisotopic (exact) mass is 439 g/mol. The van der Waals surface area contributed by atoms with Gasteiger partial charge in [-0.05, 0) is 55.0 Å². The van der Waals surface area contributed by atoms with Crippen molar-refractivity contribution < 1.29 is 4.79 Å². The van der Waals surface area contributed by atoms with E-state index in [2.05, 4.69) is 54.6 Å². The number of aromatic nitrogens is 1. The Bertz CT molecular complexity index is 900. The first-order valence-corrected chi connectivity index (χ1v) is 10.4. The van der Waals surface area contributed by atoms with Crippen LogP contribution in [0.4, 0.5) is 10.6 Å². The van der Waals surface area contributed by atoms with Crippen LogP contribution in [0.25, 0.3) is 0 Å². The van der Waals surface area contributed by atoms with Crippen molar-refractivity contribution in [3.63, 3.8) is 0 Å². The smallest absolute Gasteiger partial charge is 0.315 e. The lowest BCUT2D eigenvalue weighted by molar-refractivity contribution is 0.230. The zero-order valence-corrected chi connectivity index (χ0v) is 17.1. The maximum Gasteiger partial charge on any atom is 0.315 e. The molecule has 1 aromatic carbocycles. The van der Waals surface area contributed by atoms with E-state index in [1.54, 1.807) is 12.3 Å². The first kappa shape index (κ1) is 18.8. The molecule has 0 bridgehead atoms. The number of benzene rings is 1. The van der Waals surface area contributed by atoms with Crippen LogP contribution in [-0.4, -0.2) is 30.1 Å². The maximum absolute atomic E-state index is 12.5. The molecule has 0 saturated carbocycles. The van der Waals surface area contributed by atoms with E-state index in [0.717, 1.165) is 49.1 Å². The molecule has 2 aromatic rings. The molecule has 1 saturated heterocycles. The van der Waals surface area contributed by atoms with Gasteiger partial charge in [0.2, 0.25) is 0 Å². The number of hydrogen-bond donors (Lipinski definition) is 2. The number of urea groups is 1. The maximum atomic E-state index is 12.5. The van der Waals surface area contributed by atoms with E-state index in [9.17, 15) is 4.79 Å². The molecule has 1 unspecified atom stereocenters. The second kappa shape index (κ2) is 8.19. The highest BCUT2D eigenvalue weighted by atomic mass is 79.9. The van der Waals surface area contributed by atoms with Gasteiger partial charge >= 0.3 is 6.03 Å². The Labute approximate surface area is 173 Å². The number of hydrogen-bond acceptors (Lipinski definition) is 4. The average Bonchev–Trinajstić information content (AvgIpc) is 3.13. The number of nitrogens with zero attached hydrogens (tertiary/aromatic N) is 3. The minimum atomic E-state index is -0.0900. The molecule has 28 heavy (non-hydrogen) atoms. The molecule has 1 fully saturated rings. The van der Waals surface area contributed by atoms with Crippen LogP contribution in [0.15, 0.2) is 41.0 Å². The summed E-state index contributed by atoms with van der Waals surface area (Å²) in [5.41, 5.74) is 3.08. The van der Waals surface area contributed by atoms with Crippen LogP contribution in [0.3, 0.4) is 0 Å². The van der Waals surface area contributed by atoms with E-state index in [4.69, 9.17) is 5.26 Å². The molecule has 7 heteroatoms. The molecular weight excluding hydrogens is 418 g/mol. The molecule has 4 rings (SSSR count). The molecule has 0 radical (unpaired) electrons. The van der Waals surface area contributed by atoms with Crippen molar-refractivity contribution >= 4 is 27.8 Å². The molecule has 1 aromatic heterocycles. The number of nitrogens with one attached hydrogen (secondary N) is 2. The van der Waals surface area contributed by atoms with Gasteiger partial charge in [-0.2, -0.15) is 5.26 Å². The molecule has 1 atom stereocenters. The fourth-order valence-electron chi connectivity index (χ4n) is 4.04. The molecule has 1 aliphatic carbocycles.